The van der Waals surface area contributed by atoms with Gasteiger partial charge in [-0.1, -0.05) is 13.0 Å². The van der Waals surface area contributed by atoms with Gasteiger partial charge in [-0.3, -0.25) is 0 Å². The van der Waals surface area contributed by atoms with Crippen molar-refractivity contribution in [3.05, 3.63) is 35.6 Å². The fourth-order valence-corrected chi connectivity index (χ4v) is 1.42. The molecule has 0 fully saturated rings. The third-order valence-corrected chi connectivity index (χ3v) is 2.24. The Hall–Kier alpha value is -1.24. The van der Waals surface area contributed by atoms with Crippen LogP contribution in [0.15, 0.2) is 28.9 Å². The van der Waals surface area contributed by atoms with Crippen molar-refractivity contribution in [2.75, 3.05) is 0 Å². The first kappa shape index (κ1) is 7.41. The second kappa shape index (κ2) is 2.67. The van der Waals surface area contributed by atoms with E-state index in [0.29, 0.717) is 0 Å². The lowest BCUT2D eigenvalue weighted by atomic mass is 10.1. The molecule has 0 amide bonds. The molecule has 0 aliphatic rings. The van der Waals surface area contributed by atoms with Crippen molar-refractivity contribution in [1.82, 2.24) is 0 Å². The van der Waals surface area contributed by atoms with E-state index in [1.165, 1.54) is 16.5 Å². The number of rotatable bonds is 1. The summed E-state index contributed by atoms with van der Waals surface area (Å²) >= 11 is 0. The Bertz CT molecular complexity index is 398. The molecule has 1 heterocycles. The minimum Gasteiger partial charge on any atom is -0.464 e. The van der Waals surface area contributed by atoms with Gasteiger partial charge in [-0.05, 0) is 36.6 Å². The Labute approximate surface area is 72.0 Å². The molecular weight excluding hydrogens is 148 g/mol. The number of aryl methyl sites for hydroxylation is 2. The standard InChI is InChI=1S/C11H12O/c1-3-9-4-5-11-10(6-9)8(2)7-12-11/h4-7H,3H2,1-2H3. The first-order chi connectivity index (χ1) is 5.81. The van der Waals surface area contributed by atoms with Gasteiger partial charge in [0.05, 0.1) is 6.26 Å². The molecule has 12 heavy (non-hydrogen) atoms. The zero-order valence-electron chi connectivity index (χ0n) is 7.42. The van der Waals surface area contributed by atoms with Crippen LogP contribution in [0.3, 0.4) is 0 Å². The van der Waals surface area contributed by atoms with E-state index in [9.17, 15) is 0 Å². The number of benzene rings is 1. The zero-order valence-corrected chi connectivity index (χ0v) is 7.42. The highest BCUT2D eigenvalue weighted by Crippen LogP contribution is 2.21. The maximum absolute atomic E-state index is 5.35. The summed E-state index contributed by atoms with van der Waals surface area (Å²) in [7, 11) is 0. The van der Waals surface area contributed by atoms with E-state index >= 15 is 0 Å². The molecule has 0 radical (unpaired) electrons. The highest BCUT2D eigenvalue weighted by molar-refractivity contribution is 5.81. The van der Waals surface area contributed by atoms with Crippen LogP contribution in [0.4, 0.5) is 0 Å². The van der Waals surface area contributed by atoms with Gasteiger partial charge in [-0.2, -0.15) is 0 Å². The SMILES string of the molecule is CCc1ccc2occ(C)c2c1. The van der Waals surface area contributed by atoms with Gasteiger partial charge in [-0.25, -0.2) is 0 Å². The van der Waals surface area contributed by atoms with Crippen LogP contribution < -0.4 is 0 Å². The lowest BCUT2D eigenvalue weighted by Gasteiger charge is -1.95. The van der Waals surface area contributed by atoms with E-state index in [2.05, 4.69) is 26.0 Å². The number of fused-ring (bicyclic) bond motifs is 1. The number of hydrogen-bond acceptors (Lipinski definition) is 1. The molecule has 0 aliphatic carbocycles. The zero-order chi connectivity index (χ0) is 8.55. The van der Waals surface area contributed by atoms with E-state index in [0.717, 1.165) is 12.0 Å². The summed E-state index contributed by atoms with van der Waals surface area (Å²) in [6.07, 6.45) is 2.89. The van der Waals surface area contributed by atoms with Crippen LogP contribution >= 0.6 is 0 Å². The first-order valence-corrected chi connectivity index (χ1v) is 4.28. The lowest BCUT2D eigenvalue weighted by molar-refractivity contribution is 0.613. The van der Waals surface area contributed by atoms with Crippen molar-refractivity contribution in [3.63, 3.8) is 0 Å². The molecule has 0 saturated carbocycles. The molecule has 0 N–H and O–H groups in total. The molecule has 62 valence electrons. The molecule has 1 heteroatoms. The monoisotopic (exact) mass is 160 g/mol. The van der Waals surface area contributed by atoms with Gasteiger partial charge in [0, 0.05) is 5.39 Å². The van der Waals surface area contributed by atoms with Gasteiger partial charge >= 0.3 is 0 Å². The van der Waals surface area contributed by atoms with Gasteiger partial charge in [0.1, 0.15) is 5.58 Å². The van der Waals surface area contributed by atoms with Crippen LogP contribution in [0.25, 0.3) is 11.0 Å². The Morgan fingerprint density at radius 3 is 2.92 bits per heavy atom. The summed E-state index contributed by atoms with van der Waals surface area (Å²) < 4.78 is 5.35. The van der Waals surface area contributed by atoms with Crippen LogP contribution in [-0.2, 0) is 6.42 Å². The van der Waals surface area contributed by atoms with Crippen molar-refractivity contribution < 1.29 is 4.42 Å². The number of hydrogen-bond donors (Lipinski definition) is 0. The van der Waals surface area contributed by atoms with Crippen LogP contribution in [-0.4, -0.2) is 0 Å². The predicted molar refractivity (Wildman–Crippen MR) is 50.3 cm³/mol. The average Bonchev–Trinajstić information content (AvgIpc) is 2.47. The van der Waals surface area contributed by atoms with Gasteiger partial charge in [0.15, 0.2) is 0 Å². The molecule has 0 bridgehead atoms. The molecular formula is C11H12O. The van der Waals surface area contributed by atoms with Gasteiger partial charge in [-0.15, -0.1) is 0 Å². The quantitative estimate of drug-likeness (QED) is 0.623. The fourth-order valence-electron chi connectivity index (χ4n) is 1.42. The summed E-state index contributed by atoms with van der Waals surface area (Å²) in [5, 5.41) is 1.24. The molecule has 0 aliphatic heterocycles. The molecule has 0 saturated heterocycles. The smallest absolute Gasteiger partial charge is 0.134 e. The molecule has 0 spiro atoms. The normalized spacial score (nSPS) is 10.8. The lowest BCUT2D eigenvalue weighted by Crippen LogP contribution is -1.78. The van der Waals surface area contributed by atoms with Crippen LogP contribution in [0, 0.1) is 6.92 Å². The summed E-state index contributed by atoms with van der Waals surface area (Å²) in [5.74, 6) is 0. The molecule has 0 unspecified atom stereocenters. The van der Waals surface area contributed by atoms with Crippen molar-refractivity contribution >= 4 is 11.0 Å². The van der Waals surface area contributed by atoms with Crippen molar-refractivity contribution in [2.24, 2.45) is 0 Å². The molecule has 1 nitrogen and oxygen atoms in total. The molecule has 2 rings (SSSR count). The minimum absolute atomic E-state index is 0.990. The molecule has 1 aromatic carbocycles. The minimum atomic E-state index is 0.990. The highest BCUT2D eigenvalue weighted by Gasteiger charge is 2.01. The first-order valence-electron chi connectivity index (χ1n) is 4.28. The molecule has 0 atom stereocenters. The summed E-state index contributed by atoms with van der Waals surface area (Å²) in [6, 6.07) is 6.36. The fraction of sp³-hybridized carbons (Fsp3) is 0.273. The average molecular weight is 160 g/mol. The molecule has 2 aromatic rings. The van der Waals surface area contributed by atoms with Crippen LogP contribution in [0.2, 0.25) is 0 Å². The summed E-state index contributed by atoms with van der Waals surface area (Å²) in [6.45, 7) is 4.24. The third-order valence-electron chi connectivity index (χ3n) is 2.24. The maximum atomic E-state index is 5.35. The predicted octanol–water partition coefficient (Wildman–Crippen LogP) is 3.30. The van der Waals surface area contributed by atoms with Crippen molar-refractivity contribution in [3.8, 4) is 0 Å². The summed E-state index contributed by atoms with van der Waals surface area (Å²) in [5.41, 5.74) is 3.58. The maximum Gasteiger partial charge on any atom is 0.134 e. The summed E-state index contributed by atoms with van der Waals surface area (Å²) in [4.78, 5) is 0. The molecule has 1 aromatic heterocycles. The topological polar surface area (TPSA) is 13.1 Å². The van der Waals surface area contributed by atoms with Gasteiger partial charge in [0.25, 0.3) is 0 Å². The van der Waals surface area contributed by atoms with E-state index in [1.807, 2.05) is 12.3 Å². The van der Waals surface area contributed by atoms with E-state index in [1.54, 1.807) is 0 Å². The second-order valence-corrected chi connectivity index (χ2v) is 3.10. The van der Waals surface area contributed by atoms with E-state index in [4.69, 9.17) is 4.42 Å². The Morgan fingerprint density at radius 1 is 1.33 bits per heavy atom. The Balaban J connectivity index is 2.71. The van der Waals surface area contributed by atoms with Crippen LogP contribution in [0.1, 0.15) is 18.1 Å². The van der Waals surface area contributed by atoms with Crippen LogP contribution in [0.5, 0.6) is 0 Å². The van der Waals surface area contributed by atoms with Gasteiger partial charge in [0.2, 0.25) is 0 Å². The van der Waals surface area contributed by atoms with Crippen molar-refractivity contribution in [2.45, 2.75) is 20.3 Å². The van der Waals surface area contributed by atoms with Gasteiger partial charge < -0.3 is 4.42 Å². The Kier molecular flexibility index (Phi) is 1.65. The Morgan fingerprint density at radius 2 is 2.17 bits per heavy atom. The van der Waals surface area contributed by atoms with E-state index in [-0.39, 0.29) is 0 Å². The second-order valence-electron chi connectivity index (χ2n) is 3.10. The van der Waals surface area contributed by atoms with Crippen molar-refractivity contribution in [1.29, 1.82) is 0 Å². The largest absolute Gasteiger partial charge is 0.464 e. The highest BCUT2D eigenvalue weighted by atomic mass is 16.3. The number of furan rings is 1. The third kappa shape index (κ3) is 1.02. The van der Waals surface area contributed by atoms with E-state index < -0.39 is 0 Å².